The van der Waals surface area contributed by atoms with E-state index in [1.165, 1.54) is 23.1 Å². The van der Waals surface area contributed by atoms with Crippen molar-refractivity contribution in [1.82, 2.24) is 14.9 Å². The van der Waals surface area contributed by atoms with E-state index in [0.717, 1.165) is 16.9 Å². The maximum absolute atomic E-state index is 13.6. The third-order valence-corrected chi connectivity index (χ3v) is 8.03. The van der Waals surface area contributed by atoms with Crippen LogP contribution in [0.5, 0.6) is 0 Å². The van der Waals surface area contributed by atoms with Crippen LogP contribution in [0.15, 0.2) is 32.8 Å². The van der Waals surface area contributed by atoms with Gasteiger partial charge in [0.05, 0.1) is 10.6 Å². The number of thiophene rings is 2. The fourth-order valence-corrected chi connectivity index (χ4v) is 6.01. The Hall–Kier alpha value is -2.17. The van der Waals surface area contributed by atoms with Crippen LogP contribution in [0.1, 0.15) is 34.1 Å². The SMILES string of the molecule is CC(C)CCn1c(SC(C(=O)NC(N)=O)C(C)C)nc2scc(-c3cccs3)c2c1=O. The summed E-state index contributed by atoms with van der Waals surface area (Å²) >= 11 is 4.21. The fourth-order valence-electron chi connectivity index (χ4n) is 3.09. The van der Waals surface area contributed by atoms with E-state index in [9.17, 15) is 14.4 Å². The maximum atomic E-state index is 13.6. The maximum Gasteiger partial charge on any atom is 0.318 e. The molecule has 3 N–H and O–H groups in total. The Morgan fingerprint density at radius 3 is 2.58 bits per heavy atom. The molecule has 0 aliphatic heterocycles. The van der Waals surface area contributed by atoms with Crippen molar-refractivity contribution >= 4 is 56.6 Å². The van der Waals surface area contributed by atoms with E-state index in [0.29, 0.717) is 27.8 Å². The van der Waals surface area contributed by atoms with Crippen molar-refractivity contribution in [3.8, 4) is 10.4 Å². The largest absolute Gasteiger partial charge is 0.351 e. The lowest BCUT2D eigenvalue weighted by Gasteiger charge is -2.21. The minimum absolute atomic E-state index is 0.0967. The third kappa shape index (κ3) is 5.36. The Labute approximate surface area is 193 Å². The number of thioether (sulfide) groups is 1. The molecule has 0 bridgehead atoms. The van der Waals surface area contributed by atoms with E-state index in [-0.39, 0.29) is 11.5 Å². The lowest BCUT2D eigenvalue weighted by atomic mass is 10.1. The number of fused-ring (bicyclic) bond motifs is 1. The van der Waals surface area contributed by atoms with Crippen molar-refractivity contribution in [3.05, 3.63) is 33.2 Å². The molecule has 3 rings (SSSR count). The van der Waals surface area contributed by atoms with E-state index in [2.05, 4.69) is 19.2 Å². The number of amides is 3. The number of nitrogens with one attached hydrogen (secondary N) is 1. The molecule has 0 fully saturated rings. The van der Waals surface area contributed by atoms with Crippen molar-refractivity contribution in [3.63, 3.8) is 0 Å². The second-order valence-corrected chi connectivity index (χ2v) is 10.9. The molecular weight excluding hydrogens is 452 g/mol. The molecule has 0 spiro atoms. The number of primary amides is 1. The van der Waals surface area contributed by atoms with Crippen molar-refractivity contribution in [1.29, 1.82) is 0 Å². The molecule has 3 heterocycles. The summed E-state index contributed by atoms with van der Waals surface area (Å²) in [5, 5.41) is 6.59. The van der Waals surface area contributed by atoms with Crippen molar-refractivity contribution in [2.24, 2.45) is 17.6 Å². The number of hydrogen-bond acceptors (Lipinski definition) is 7. The normalized spacial score (nSPS) is 12.6. The highest BCUT2D eigenvalue weighted by Gasteiger charge is 2.28. The number of nitrogens with zero attached hydrogens (tertiary/aromatic N) is 2. The molecule has 0 aliphatic carbocycles. The number of imide groups is 1. The average Bonchev–Trinajstić information content (AvgIpc) is 3.33. The standard InChI is InChI=1S/C21H26N4O3S3/c1-11(2)7-8-25-19(27)15-13(14-6-5-9-29-14)10-30-18(15)24-21(25)31-16(12(3)4)17(26)23-20(22)28/h5-6,9-12,16H,7-8H2,1-4H3,(H3,22,23,26,28). The van der Waals surface area contributed by atoms with E-state index in [4.69, 9.17) is 10.7 Å². The second-order valence-electron chi connectivity index (χ2n) is 7.98. The van der Waals surface area contributed by atoms with Gasteiger partial charge in [0, 0.05) is 22.4 Å². The van der Waals surface area contributed by atoms with Crippen LogP contribution in [0.3, 0.4) is 0 Å². The molecular formula is C21H26N4O3S3. The van der Waals surface area contributed by atoms with Gasteiger partial charge >= 0.3 is 6.03 Å². The zero-order valence-corrected chi connectivity index (χ0v) is 20.3. The molecule has 10 heteroatoms. The van der Waals surface area contributed by atoms with Crippen LogP contribution >= 0.6 is 34.4 Å². The van der Waals surface area contributed by atoms with Gasteiger partial charge in [-0.05, 0) is 29.7 Å². The minimum atomic E-state index is -0.893. The molecule has 0 aromatic carbocycles. The number of urea groups is 1. The smallest absolute Gasteiger partial charge is 0.318 e. The van der Waals surface area contributed by atoms with Gasteiger partial charge in [-0.25, -0.2) is 9.78 Å². The third-order valence-electron chi connectivity index (χ3n) is 4.72. The first-order valence-electron chi connectivity index (χ1n) is 10.0. The van der Waals surface area contributed by atoms with E-state index < -0.39 is 17.2 Å². The molecule has 3 aromatic heterocycles. The van der Waals surface area contributed by atoms with Crippen LogP contribution in [0, 0.1) is 11.8 Å². The molecule has 1 unspecified atom stereocenters. The Bertz CT molecular complexity index is 1130. The summed E-state index contributed by atoms with van der Waals surface area (Å²) in [6.07, 6.45) is 0.805. The lowest BCUT2D eigenvalue weighted by molar-refractivity contribution is -0.120. The molecule has 166 valence electrons. The van der Waals surface area contributed by atoms with Crippen molar-refractivity contribution in [2.75, 3.05) is 0 Å². The van der Waals surface area contributed by atoms with Gasteiger partial charge in [-0.2, -0.15) is 0 Å². The van der Waals surface area contributed by atoms with Gasteiger partial charge in [-0.3, -0.25) is 19.5 Å². The van der Waals surface area contributed by atoms with Gasteiger partial charge in [0.15, 0.2) is 5.16 Å². The Kier molecular flexibility index (Phi) is 7.55. The van der Waals surface area contributed by atoms with Crippen molar-refractivity contribution in [2.45, 2.75) is 51.1 Å². The molecule has 3 amide bonds. The number of rotatable bonds is 8. The molecule has 3 aromatic rings. The first-order valence-corrected chi connectivity index (χ1v) is 12.7. The predicted molar refractivity (Wildman–Crippen MR) is 129 cm³/mol. The number of nitrogens with two attached hydrogens (primary N) is 1. The molecule has 0 saturated carbocycles. The molecule has 0 radical (unpaired) electrons. The summed E-state index contributed by atoms with van der Waals surface area (Å²) in [5.74, 6) is -0.179. The number of hydrogen-bond donors (Lipinski definition) is 2. The summed E-state index contributed by atoms with van der Waals surface area (Å²) < 4.78 is 1.67. The van der Waals surface area contributed by atoms with Crippen LogP contribution in [-0.2, 0) is 11.3 Å². The van der Waals surface area contributed by atoms with Crippen molar-refractivity contribution < 1.29 is 9.59 Å². The van der Waals surface area contributed by atoms with Gasteiger partial charge < -0.3 is 5.73 Å². The van der Waals surface area contributed by atoms with Crippen LogP contribution in [0.2, 0.25) is 0 Å². The summed E-state index contributed by atoms with van der Waals surface area (Å²) in [5.41, 5.74) is 5.93. The quantitative estimate of drug-likeness (QED) is 0.365. The first-order chi connectivity index (χ1) is 14.7. The van der Waals surface area contributed by atoms with Gasteiger partial charge in [0.2, 0.25) is 5.91 Å². The first kappa shape index (κ1) is 23.5. The predicted octanol–water partition coefficient (Wildman–Crippen LogP) is 4.54. The molecule has 0 saturated heterocycles. The number of aromatic nitrogens is 2. The Morgan fingerprint density at radius 2 is 2.00 bits per heavy atom. The summed E-state index contributed by atoms with van der Waals surface area (Å²) in [6, 6.07) is 3.06. The molecule has 31 heavy (non-hydrogen) atoms. The minimum Gasteiger partial charge on any atom is -0.351 e. The lowest BCUT2D eigenvalue weighted by Crippen LogP contribution is -2.42. The summed E-state index contributed by atoms with van der Waals surface area (Å²) in [6.45, 7) is 8.47. The molecule has 0 aliphatic rings. The molecule has 7 nitrogen and oxygen atoms in total. The topological polar surface area (TPSA) is 107 Å². The van der Waals surface area contributed by atoms with E-state index >= 15 is 0 Å². The van der Waals surface area contributed by atoms with Crippen LogP contribution in [0.25, 0.3) is 20.7 Å². The van der Waals surface area contributed by atoms with E-state index in [1.807, 2.05) is 36.7 Å². The highest BCUT2D eigenvalue weighted by Crippen LogP contribution is 2.35. The summed E-state index contributed by atoms with van der Waals surface area (Å²) in [7, 11) is 0. The molecule has 1 atom stereocenters. The zero-order valence-electron chi connectivity index (χ0n) is 17.9. The Morgan fingerprint density at radius 1 is 1.26 bits per heavy atom. The van der Waals surface area contributed by atoms with Crippen LogP contribution < -0.4 is 16.6 Å². The number of carbonyl (C=O) groups excluding carboxylic acids is 2. The monoisotopic (exact) mass is 478 g/mol. The highest BCUT2D eigenvalue weighted by atomic mass is 32.2. The van der Waals surface area contributed by atoms with Gasteiger partial charge in [0.1, 0.15) is 4.83 Å². The second kappa shape index (κ2) is 9.97. The van der Waals surface area contributed by atoms with E-state index in [1.54, 1.807) is 15.9 Å². The Balaban J connectivity index is 2.11. The zero-order chi connectivity index (χ0) is 22.7. The highest BCUT2D eigenvalue weighted by molar-refractivity contribution is 8.00. The summed E-state index contributed by atoms with van der Waals surface area (Å²) in [4.78, 5) is 43.8. The fraction of sp³-hybridized carbons (Fsp3) is 0.429. The van der Waals surface area contributed by atoms with Crippen LogP contribution in [-0.4, -0.2) is 26.7 Å². The average molecular weight is 479 g/mol. The number of carbonyl (C=O) groups is 2. The van der Waals surface area contributed by atoms with Gasteiger partial charge in [-0.1, -0.05) is 45.5 Å². The van der Waals surface area contributed by atoms with Gasteiger partial charge in [-0.15, -0.1) is 22.7 Å². The van der Waals surface area contributed by atoms with Gasteiger partial charge in [0.25, 0.3) is 5.56 Å². The van der Waals surface area contributed by atoms with Crippen LogP contribution in [0.4, 0.5) is 4.79 Å².